The van der Waals surface area contributed by atoms with Gasteiger partial charge in [-0.2, -0.15) is 5.10 Å². The average molecular weight is 515 g/mol. The van der Waals surface area contributed by atoms with Crippen LogP contribution >= 0.6 is 24.0 Å². The molecule has 3 rings (SSSR count). The summed E-state index contributed by atoms with van der Waals surface area (Å²) in [7, 11) is 0. The molecule has 0 amide bonds. The first kappa shape index (κ1) is 23.7. The maximum absolute atomic E-state index is 5.33. The van der Waals surface area contributed by atoms with E-state index in [-0.39, 0.29) is 29.5 Å². The summed E-state index contributed by atoms with van der Waals surface area (Å²) in [6, 6.07) is 3.68. The van der Waals surface area contributed by atoms with Crippen molar-refractivity contribution in [1.29, 1.82) is 0 Å². The van der Waals surface area contributed by atoms with Gasteiger partial charge in [-0.3, -0.25) is 15.0 Å². The molecule has 0 aromatic carbocycles. The molecule has 0 atom stereocenters. The van der Waals surface area contributed by atoms with E-state index in [0.717, 1.165) is 37.8 Å². The van der Waals surface area contributed by atoms with Crippen molar-refractivity contribution in [2.24, 2.45) is 4.99 Å². The minimum atomic E-state index is 0. The minimum Gasteiger partial charge on any atom is -0.461 e. The Kier molecular flexibility index (Phi) is 9.41. The Bertz CT molecular complexity index is 736. The lowest BCUT2D eigenvalue weighted by molar-refractivity contribution is 0.102. The zero-order chi connectivity index (χ0) is 19.8. The van der Waals surface area contributed by atoms with Crippen LogP contribution in [0.2, 0.25) is 0 Å². The number of nitrogens with one attached hydrogen (secondary N) is 3. The predicted molar refractivity (Wildman–Crippen MR) is 127 cm³/mol. The first-order valence-electron chi connectivity index (χ1n) is 10.3. The standard InChI is InChI=1S/C20H33N7O.HI/c1-4-21-19(23-15-20(2,3)27-12-6-5-7-13-27)22-11-10-17-24-18(26-25-17)16-9-8-14-28-16;/h8-9,14H,4-7,10-13,15H2,1-3H3,(H2,21,22,23)(H,24,25,26);1H. The number of hydrogen-bond donors (Lipinski definition) is 3. The number of aromatic nitrogens is 3. The van der Waals surface area contributed by atoms with Crippen LogP contribution in [0.3, 0.4) is 0 Å². The summed E-state index contributed by atoms with van der Waals surface area (Å²) in [6.45, 7) is 11.3. The second-order valence-corrected chi connectivity index (χ2v) is 7.82. The molecule has 2 aromatic heterocycles. The van der Waals surface area contributed by atoms with E-state index in [1.165, 1.54) is 32.4 Å². The van der Waals surface area contributed by atoms with Gasteiger partial charge in [0.05, 0.1) is 12.8 Å². The number of halogens is 1. The Labute approximate surface area is 190 Å². The van der Waals surface area contributed by atoms with Gasteiger partial charge < -0.3 is 15.1 Å². The Morgan fingerprint density at radius 1 is 1.28 bits per heavy atom. The van der Waals surface area contributed by atoms with Crippen LogP contribution in [0.4, 0.5) is 0 Å². The molecule has 1 fully saturated rings. The molecule has 9 heteroatoms. The third-order valence-corrected chi connectivity index (χ3v) is 5.11. The highest BCUT2D eigenvalue weighted by atomic mass is 127. The Balaban J connectivity index is 0.00000300. The van der Waals surface area contributed by atoms with Crippen LogP contribution in [0, 0.1) is 0 Å². The highest BCUT2D eigenvalue weighted by molar-refractivity contribution is 14.0. The van der Waals surface area contributed by atoms with Crippen LogP contribution in [0.5, 0.6) is 0 Å². The van der Waals surface area contributed by atoms with E-state index in [1.807, 2.05) is 12.1 Å². The van der Waals surface area contributed by atoms with Gasteiger partial charge >= 0.3 is 0 Å². The molecule has 3 N–H and O–H groups in total. The fourth-order valence-electron chi connectivity index (χ4n) is 3.44. The molecular formula is C20H34IN7O. The zero-order valence-electron chi connectivity index (χ0n) is 17.7. The van der Waals surface area contributed by atoms with Gasteiger partial charge in [-0.25, -0.2) is 4.98 Å². The minimum absolute atomic E-state index is 0. The molecule has 0 spiro atoms. The lowest BCUT2D eigenvalue weighted by atomic mass is 9.99. The fourth-order valence-corrected chi connectivity index (χ4v) is 3.44. The third-order valence-electron chi connectivity index (χ3n) is 5.11. The number of guanidine groups is 1. The molecule has 1 aliphatic rings. The molecule has 3 heterocycles. The number of furan rings is 1. The molecule has 29 heavy (non-hydrogen) atoms. The first-order valence-corrected chi connectivity index (χ1v) is 10.3. The highest BCUT2D eigenvalue weighted by Crippen LogP contribution is 2.20. The molecular weight excluding hydrogens is 481 g/mol. The van der Waals surface area contributed by atoms with E-state index in [0.29, 0.717) is 11.6 Å². The second kappa shape index (κ2) is 11.5. The summed E-state index contributed by atoms with van der Waals surface area (Å²) in [5.41, 5.74) is 0.0750. The van der Waals surface area contributed by atoms with Crippen LogP contribution in [-0.2, 0) is 6.42 Å². The van der Waals surface area contributed by atoms with Crippen LogP contribution in [-0.4, -0.2) is 64.3 Å². The number of hydrogen-bond acceptors (Lipinski definition) is 5. The molecule has 1 saturated heterocycles. The van der Waals surface area contributed by atoms with Crippen molar-refractivity contribution in [3.8, 4) is 11.6 Å². The molecule has 0 radical (unpaired) electrons. The van der Waals surface area contributed by atoms with Crippen molar-refractivity contribution < 1.29 is 4.42 Å². The quantitative estimate of drug-likeness (QED) is 0.284. The van der Waals surface area contributed by atoms with Crippen molar-refractivity contribution in [3.63, 3.8) is 0 Å². The van der Waals surface area contributed by atoms with E-state index < -0.39 is 0 Å². The lowest BCUT2D eigenvalue weighted by Crippen LogP contribution is -2.49. The Hall–Kier alpha value is -1.62. The zero-order valence-corrected chi connectivity index (χ0v) is 20.0. The molecule has 0 saturated carbocycles. The van der Waals surface area contributed by atoms with Gasteiger partial charge in [0, 0.05) is 25.0 Å². The monoisotopic (exact) mass is 515 g/mol. The average Bonchev–Trinajstić information content (AvgIpc) is 3.39. The highest BCUT2D eigenvalue weighted by Gasteiger charge is 2.27. The third kappa shape index (κ3) is 6.98. The summed E-state index contributed by atoms with van der Waals surface area (Å²) in [5, 5.41) is 13.9. The van der Waals surface area contributed by atoms with E-state index in [9.17, 15) is 0 Å². The van der Waals surface area contributed by atoms with Gasteiger partial charge in [0.2, 0.25) is 5.82 Å². The van der Waals surface area contributed by atoms with Gasteiger partial charge in [-0.05, 0) is 58.8 Å². The second-order valence-electron chi connectivity index (χ2n) is 7.82. The molecule has 1 aliphatic heterocycles. The number of aromatic amines is 1. The first-order chi connectivity index (χ1) is 13.6. The van der Waals surface area contributed by atoms with Crippen LogP contribution in [0.25, 0.3) is 11.6 Å². The van der Waals surface area contributed by atoms with Gasteiger partial charge in [-0.15, -0.1) is 24.0 Å². The fraction of sp³-hybridized carbons (Fsp3) is 0.650. The van der Waals surface area contributed by atoms with Crippen molar-refractivity contribution in [2.75, 3.05) is 32.7 Å². The van der Waals surface area contributed by atoms with E-state index in [1.54, 1.807) is 6.26 Å². The topological polar surface area (TPSA) is 94.4 Å². The Morgan fingerprint density at radius 2 is 2.07 bits per heavy atom. The molecule has 0 unspecified atom stereocenters. The number of piperidine rings is 1. The molecule has 162 valence electrons. The van der Waals surface area contributed by atoms with Crippen molar-refractivity contribution >= 4 is 29.9 Å². The largest absolute Gasteiger partial charge is 0.461 e. The van der Waals surface area contributed by atoms with Crippen LogP contribution in [0.1, 0.15) is 45.9 Å². The predicted octanol–water partition coefficient (Wildman–Crippen LogP) is 3.04. The number of H-pyrrole nitrogens is 1. The van der Waals surface area contributed by atoms with Gasteiger partial charge in [0.25, 0.3) is 0 Å². The van der Waals surface area contributed by atoms with Gasteiger partial charge in [-0.1, -0.05) is 6.42 Å². The number of likely N-dealkylation sites (tertiary alicyclic amines) is 1. The maximum atomic E-state index is 5.33. The van der Waals surface area contributed by atoms with Crippen molar-refractivity contribution in [3.05, 3.63) is 24.2 Å². The number of rotatable bonds is 8. The number of nitrogens with zero attached hydrogens (tertiary/aromatic N) is 4. The van der Waals surface area contributed by atoms with Crippen molar-refractivity contribution in [2.45, 2.75) is 52.0 Å². The van der Waals surface area contributed by atoms with E-state index >= 15 is 0 Å². The normalized spacial score (nSPS) is 15.8. The van der Waals surface area contributed by atoms with Crippen LogP contribution in [0.15, 0.2) is 27.8 Å². The summed E-state index contributed by atoms with van der Waals surface area (Å²) >= 11 is 0. The maximum Gasteiger partial charge on any atom is 0.216 e. The summed E-state index contributed by atoms with van der Waals surface area (Å²) in [5.74, 6) is 2.93. The lowest BCUT2D eigenvalue weighted by Gasteiger charge is -2.40. The van der Waals surface area contributed by atoms with Crippen LogP contribution < -0.4 is 10.6 Å². The molecule has 2 aromatic rings. The van der Waals surface area contributed by atoms with Gasteiger partial charge in [0.15, 0.2) is 11.7 Å². The smallest absolute Gasteiger partial charge is 0.216 e. The molecule has 0 aliphatic carbocycles. The Morgan fingerprint density at radius 3 is 2.76 bits per heavy atom. The summed E-state index contributed by atoms with van der Waals surface area (Å²) < 4.78 is 5.33. The molecule has 0 bridgehead atoms. The van der Waals surface area contributed by atoms with E-state index in [4.69, 9.17) is 9.41 Å². The SMILES string of the molecule is CCNC(=NCC(C)(C)N1CCCCC1)NCCc1nc(-c2ccco2)n[nH]1.I. The number of aliphatic imine (C=N–C) groups is 1. The molecule has 8 nitrogen and oxygen atoms in total. The van der Waals surface area contributed by atoms with E-state index in [2.05, 4.69) is 51.5 Å². The summed E-state index contributed by atoms with van der Waals surface area (Å²) in [6.07, 6.45) is 6.29. The van der Waals surface area contributed by atoms with Crippen molar-refractivity contribution in [1.82, 2.24) is 30.7 Å². The summed E-state index contributed by atoms with van der Waals surface area (Å²) in [4.78, 5) is 11.9. The van der Waals surface area contributed by atoms with Gasteiger partial charge in [0.1, 0.15) is 5.82 Å².